The Balaban J connectivity index is 2.50. The van der Waals surface area contributed by atoms with Gasteiger partial charge in [0, 0.05) is 12.6 Å². The van der Waals surface area contributed by atoms with Crippen molar-refractivity contribution >= 4 is 11.7 Å². The number of hydrogen-bond acceptors (Lipinski definition) is 2. The molecule has 0 bridgehead atoms. The molecule has 1 rings (SSSR count). The van der Waals surface area contributed by atoms with Gasteiger partial charge in [0.25, 0.3) is 0 Å². The molecule has 0 radical (unpaired) electrons. The van der Waals surface area contributed by atoms with Gasteiger partial charge in [-0.1, -0.05) is 6.07 Å². The van der Waals surface area contributed by atoms with Crippen molar-refractivity contribution in [3.05, 3.63) is 23.9 Å². The first-order valence-corrected chi connectivity index (χ1v) is 4.67. The van der Waals surface area contributed by atoms with Crippen molar-refractivity contribution in [1.82, 2.24) is 4.98 Å². The van der Waals surface area contributed by atoms with Crippen molar-refractivity contribution in [1.29, 1.82) is 0 Å². The number of amides is 1. The van der Waals surface area contributed by atoms with Crippen molar-refractivity contribution in [3.8, 4) is 0 Å². The minimum absolute atomic E-state index is 0.301. The van der Waals surface area contributed by atoms with Gasteiger partial charge < -0.3 is 5.32 Å². The molecule has 1 aromatic rings. The second-order valence-electron chi connectivity index (χ2n) is 3.33. The van der Waals surface area contributed by atoms with Crippen molar-refractivity contribution in [2.24, 2.45) is 0 Å². The molecular weight excluding hydrogens is 221 g/mol. The van der Waals surface area contributed by atoms with Crippen molar-refractivity contribution in [3.63, 3.8) is 0 Å². The second-order valence-corrected chi connectivity index (χ2v) is 3.33. The highest BCUT2D eigenvalue weighted by molar-refractivity contribution is 5.90. The summed E-state index contributed by atoms with van der Waals surface area (Å²) in [6.45, 7) is 1.71. The fourth-order valence-electron chi connectivity index (χ4n) is 1.07. The predicted molar refractivity (Wildman–Crippen MR) is 52.9 cm³/mol. The van der Waals surface area contributed by atoms with Gasteiger partial charge in [0.05, 0.1) is 6.42 Å². The Bertz CT molecular complexity index is 377. The molecule has 1 amide bonds. The Morgan fingerprint density at radius 3 is 2.75 bits per heavy atom. The number of carbonyl (C=O) groups excluding carboxylic acids is 1. The van der Waals surface area contributed by atoms with Gasteiger partial charge in [0.1, 0.15) is 5.82 Å². The van der Waals surface area contributed by atoms with E-state index in [0.29, 0.717) is 11.4 Å². The van der Waals surface area contributed by atoms with Gasteiger partial charge in [-0.15, -0.1) is 0 Å². The van der Waals surface area contributed by atoms with Crippen LogP contribution in [-0.4, -0.2) is 17.1 Å². The predicted octanol–water partition coefficient (Wildman–Crippen LogP) is 2.67. The zero-order valence-corrected chi connectivity index (χ0v) is 8.64. The molecule has 3 nitrogen and oxygen atoms in total. The van der Waals surface area contributed by atoms with Crippen LogP contribution in [0.4, 0.5) is 19.0 Å². The third-order valence-electron chi connectivity index (χ3n) is 1.90. The Morgan fingerprint density at radius 1 is 1.50 bits per heavy atom. The summed E-state index contributed by atoms with van der Waals surface area (Å²) in [5, 5.41) is 2.33. The Hall–Kier alpha value is -1.59. The number of anilines is 1. The summed E-state index contributed by atoms with van der Waals surface area (Å²) in [5.41, 5.74) is 0.711. The molecule has 0 aliphatic heterocycles. The lowest BCUT2D eigenvalue weighted by Crippen LogP contribution is -2.17. The van der Waals surface area contributed by atoms with Crippen LogP contribution in [-0.2, 0) is 4.79 Å². The molecule has 0 aromatic carbocycles. The number of hydrogen-bond donors (Lipinski definition) is 1. The van der Waals surface area contributed by atoms with Gasteiger partial charge in [0.15, 0.2) is 0 Å². The first-order valence-electron chi connectivity index (χ1n) is 4.67. The molecule has 88 valence electrons. The number of nitrogens with zero attached hydrogens (tertiary/aromatic N) is 1. The van der Waals surface area contributed by atoms with Crippen LogP contribution in [0.25, 0.3) is 0 Å². The topological polar surface area (TPSA) is 42.0 Å². The number of aryl methyl sites for hydroxylation is 1. The number of carbonyl (C=O) groups is 1. The summed E-state index contributed by atoms with van der Waals surface area (Å²) in [7, 11) is 0. The molecule has 0 saturated carbocycles. The molecule has 0 unspecified atom stereocenters. The smallest absolute Gasteiger partial charge is 0.310 e. The molecule has 0 aliphatic rings. The lowest BCUT2D eigenvalue weighted by molar-refractivity contribution is -0.142. The number of halogens is 3. The molecular formula is C10H11F3N2O. The van der Waals surface area contributed by atoms with Gasteiger partial charge in [-0.3, -0.25) is 4.79 Å². The number of alkyl halides is 3. The van der Waals surface area contributed by atoms with Crippen LogP contribution in [0.1, 0.15) is 18.4 Å². The number of rotatable bonds is 3. The fourth-order valence-corrected chi connectivity index (χ4v) is 1.07. The molecule has 0 fully saturated rings. The van der Waals surface area contributed by atoms with E-state index in [4.69, 9.17) is 0 Å². The van der Waals surface area contributed by atoms with Crippen molar-refractivity contribution in [2.45, 2.75) is 25.9 Å². The van der Waals surface area contributed by atoms with Gasteiger partial charge >= 0.3 is 6.18 Å². The average molecular weight is 232 g/mol. The summed E-state index contributed by atoms with van der Waals surface area (Å²) in [6.07, 6.45) is -4.55. The van der Waals surface area contributed by atoms with Gasteiger partial charge in [-0.25, -0.2) is 4.98 Å². The molecule has 1 heterocycles. The highest BCUT2D eigenvalue weighted by atomic mass is 19.4. The zero-order valence-electron chi connectivity index (χ0n) is 8.64. The maximum Gasteiger partial charge on any atom is 0.389 e. The summed E-state index contributed by atoms with van der Waals surface area (Å²) in [6, 6.07) is 3.40. The van der Waals surface area contributed by atoms with E-state index in [1.165, 1.54) is 6.20 Å². The number of pyridine rings is 1. The van der Waals surface area contributed by atoms with Gasteiger partial charge in [-0.2, -0.15) is 13.2 Å². The van der Waals surface area contributed by atoms with Crippen molar-refractivity contribution in [2.75, 3.05) is 5.32 Å². The third kappa shape index (κ3) is 4.29. The molecule has 1 aromatic heterocycles. The summed E-state index contributed by atoms with van der Waals surface area (Å²) < 4.78 is 35.5. The number of nitrogens with one attached hydrogen (secondary N) is 1. The highest BCUT2D eigenvalue weighted by Gasteiger charge is 2.27. The minimum atomic E-state index is -4.31. The second kappa shape index (κ2) is 4.96. The molecule has 16 heavy (non-hydrogen) atoms. The Labute approximate surface area is 90.7 Å². The molecule has 1 N–H and O–H groups in total. The van der Waals surface area contributed by atoms with Crippen LogP contribution in [0.2, 0.25) is 0 Å². The van der Waals surface area contributed by atoms with Crippen LogP contribution in [0.15, 0.2) is 18.3 Å². The normalized spacial score (nSPS) is 11.2. The molecule has 0 aliphatic carbocycles. The van der Waals surface area contributed by atoms with E-state index in [1.54, 1.807) is 19.1 Å². The zero-order chi connectivity index (χ0) is 12.2. The Morgan fingerprint density at radius 2 is 2.19 bits per heavy atom. The van der Waals surface area contributed by atoms with E-state index in [9.17, 15) is 18.0 Å². The number of aromatic nitrogens is 1. The average Bonchev–Trinajstić information content (AvgIpc) is 2.18. The van der Waals surface area contributed by atoms with E-state index in [1.807, 2.05) is 0 Å². The molecule has 0 atom stereocenters. The largest absolute Gasteiger partial charge is 0.389 e. The molecule has 0 spiro atoms. The van der Waals surface area contributed by atoms with Crippen LogP contribution in [0.3, 0.4) is 0 Å². The fraction of sp³-hybridized carbons (Fsp3) is 0.400. The van der Waals surface area contributed by atoms with Crippen LogP contribution < -0.4 is 5.32 Å². The van der Waals surface area contributed by atoms with E-state index >= 15 is 0 Å². The third-order valence-corrected chi connectivity index (χ3v) is 1.90. The maximum absolute atomic E-state index is 11.8. The quantitative estimate of drug-likeness (QED) is 0.870. The maximum atomic E-state index is 11.8. The van der Waals surface area contributed by atoms with Gasteiger partial charge in [-0.05, 0) is 18.6 Å². The van der Waals surface area contributed by atoms with E-state index < -0.39 is 24.9 Å². The highest BCUT2D eigenvalue weighted by Crippen LogP contribution is 2.21. The summed E-state index contributed by atoms with van der Waals surface area (Å²) >= 11 is 0. The van der Waals surface area contributed by atoms with E-state index in [-0.39, 0.29) is 0 Å². The SMILES string of the molecule is Cc1cccnc1NC(=O)CCC(F)(F)F. The van der Waals surface area contributed by atoms with E-state index in [2.05, 4.69) is 10.3 Å². The van der Waals surface area contributed by atoms with Crippen LogP contribution in [0.5, 0.6) is 0 Å². The van der Waals surface area contributed by atoms with Gasteiger partial charge in [0.2, 0.25) is 5.91 Å². The minimum Gasteiger partial charge on any atom is -0.310 e. The monoisotopic (exact) mass is 232 g/mol. The summed E-state index contributed by atoms with van der Waals surface area (Å²) in [5.74, 6) is -0.381. The van der Waals surface area contributed by atoms with Crippen LogP contribution >= 0.6 is 0 Å². The molecule has 6 heteroatoms. The first-order chi connectivity index (χ1) is 7.38. The lowest BCUT2D eigenvalue weighted by atomic mass is 10.2. The summed E-state index contributed by atoms with van der Waals surface area (Å²) in [4.78, 5) is 15.0. The Kier molecular flexibility index (Phi) is 3.87. The lowest BCUT2D eigenvalue weighted by Gasteiger charge is -2.08. The van der Waals surface area contributed by atoms with E-state index in [0.717, 1.165) is 0 Å². The van der Waals surface area contributed by atoms with Crippen LogP contribution in [0, 0.1) is 6.92 Å². The standard InChI is InChI=1S/C10H11F3N2O/c1-7-3-2-6-14-9(7)15-8(16)4-5-10(11,12)13/h2-3,6H,4-5H2,1H3,(H,14,15,16). The first kappa shape index (κ1) is 12.5. The van der Waals surface area contributed by atoms with Crippen molar-refractivity contribution < 1.29 is 18.0 Å². The molecule has 0 saturated heterocycles.